The van der Waals surface area contributed by atoms with Crippen molar-refractivity contribution in [3.63, 3.8) is 0 Å². The third kappa shape index (κ3) is 2.34. The van der Waals surface area contributed by atoms with Gasteiger partial charge in [-0.3, -0.25) is 0 Å². The number of fused-ring (bicyclic) bond motifs is 1. The monoisotopic (exact) mass is 251 g/mol. The van der Waals surface area contributed by atoms with Gasteiger partial charge in [-0.15, -0.1) is 11.3 Å². The standard InChI is InChI=1S/C12H11O4S/c1-14-10-4-8-3-9(6-16-7-13)17-12(8)5-11(10)15-2/h3-5H,6H2,1-2H3. The van der Waals surface area contributed by atoms with Crippen molar-refractivity contribution in [2.75, 3.05) is 14.2 Å². The maximum absolute atomic E-state index is 10.0. The number of methoxy groups -OCH3 is 2. The Balaban J connectivity index is 2.42. The van der Waals surface area contributed by atoms with Gasteiger partial charge in [-0.2, -0.15) is 0 Å². The van der Waals surface area contributed by atoms with E-state index in [1.54, 1.807) is 25.6 Å². The first kappa shape index (κ1) is 11.7. The van der Waals surface area contributed by atoms with Crippen LogP contribution in [0.5, 0.6) is 11.5 Å². The fourth-order valence-corrected chi connectivity index (χ4v) is 2.58. The Morgan fingerprint density at radius 1 is 1.18 bits per heavy atom. The highest BCUT2D eigenvalue weighted by Crippen LogP contribution is 2.36. The smallest absolute Gasteiger partial charge is 0.417 e. The molecular formula is C12H11O4S. The molecule has 1 radical (unpaired) electrons. The quantitative estimate of drug-likeness (QED) is 0.819. The van der Waals surface area contributed by atoms with E-state index >= 15 is 0 Å². The Kier molecular flexibility index (Phi) is 3.49. The maximum Gasteiger partial charge on any atom is 0.417 e. The average Bonchev–Trinajstić information content (AvgIpc) is 2.76. The Labute approximate surface area is 103 Å². The molecule has 1 heterocycles. The Morgan fingerprint density at radius 2 is 1.88 bits per heavy atom. The van der Waals surface area contributed by atoms with Gasteiger partial charge in [-0.1, -0.05) is 0 Å². The van der Waals surface area contributed by atoms with Crippen molar-refractivity contribution in [2.45, 2.75) is 6.61 Å². The zero-order chi connectivity index (χ0) is 12.3. The van der Waals surface area contributed by atoms with Crippen LogP contribution in [0.2, 0.25) is 0 Å². The fraction of sp³-hybridized carbons (Fsp3) is 0.250. The molecule has 5 heteroatoms. The van der Waals surface area contributed by atoms with Crippen LogP contribution in [-0.4, -0.2) is 20.7 Å². The van der Waals surface area contributed by atoms with Crippen molar-refractivity contribution in [2.24, 2.45) is 0 Å². The van der Waals surface area contributed by atoms with Gasteiger partial charge < -0.3 is 14.2 Å². The van der Waals surface area contributed by atoms with Gasteiger partial charge in [0.2, 0.25) is 0 Å². The van der Waals surface area contributed by atoms with Gasteiger partial charge in [-0.25, -0.2) is 4.79 Å². The first-order valence-corrected chi connectivity index (χ1v) is 5.73. The third-order valence-corrected chi connectivity index (χ3v) is 3.42. The summed E-state index contributed by atoms with van der Waals surface area (Å²) in [6, 6.07) is 5.77. The maximum atomic E-state index is 10.0. The van der Waals surface area contributed by atoms with Crippen molar-refractivity contribution < 1.29 is 19.0 Å². The predicted octanol–water partition coefficient (Wildman–Crippen LogP) is 2.50. The number of benzene rings is 1. The molecule has 0 saturated heterocycles. The molecule has 0 saturated carbocycles. The van der Waals surface area contributed by atoms with Crippen LogP contribution < -0.4 is 9.47 Å². The second kappa shape index (κ2) is 5.05. The van der Waals surface area contributed by atoms with Crippen LogP contribution in [-0.2, 0) is 16.1 Å². The van der Waals surface area contributed by atoms with Crippen LogP contribution in [0.25, 0.3) is 10.1 Å². The molecular weight excluding hydrogens is 240 g/mol. The van der Waals surface area contributed by atoms with E-state index in [4.69, 9.17) is 9.47 Å². The van der Waals surface area contributed by atoms with E-state index in [2.05, 4.69) is 4.74 Å². The average molecular weight is 251 g/mol. The summed E-state index contributed by atoms with van der Waals surface area (Å²) >= 11 is 1.55. The van der Waals surface area contributed by atoms with E-state index < -0.39 is 0 Å². The molecule has 4 nitrogen and oxygen atoms in total. The topological polar surface area (TPSA) is 44.8 Å². The van der Waals surface area contributed by atoms with E-state index in [0.717, 1.165) is 15.0 Å². The predicted molar refractivity (Wildman–Crippen MR) is 65.4 cm³/mol. The summed E-state index contributed by atoms with van der Waals surface area (Å²) in [6.07, 6.45) is 0. The van der Waals surface area contributed by atoms with Crippen molar-refractivity contribution in [3.05, 3.63) is 23.1 Å². The van der Waals surface area contributed by atoms with Gasteiger partial charge >= 0.3 is 6.47 Å². The summed E-state index contributed by atoms with van der Waals surface area (Å²) in [4.78, 5) is 11.0. The number of thiophene rings is 1. The van der Waals surface area contributed by atoms with Crippen LogP contribution in [0.4, 0.5) is 0 Å². The molecule has 89 valence electrons. The van der Waals surface area contributed by atoms with Crippen LogP contribution >= 0.6 is 11.3 Å². The summed E-state index contributed by atoms with van der Waals surface area (Å²) in [5.74, 6) is 1.38. The molecule has 0 aliphatic heterocycles. The lowest BCUT2D eigenvalue weighted by Gasteiger charge is -2.06. The Hall–Kier alpha value is -1.75. The lowest BCUT2D eigenvalue weighted by molar-refractivity contribution is 0.270. The highest BCUT2D eigenvalue weighted by Gasteiger charge is 2.09. The number of ether oxygens (including phenoxy) is 3. The van der Waals surface area contributed by atoms with Crippen molar-refractivity contribution in [3.8, 4) is 11.5 Å². The van der Waals surface area contributed by atoms with Crippen molar-refractivity contribution >= 4 is 27.9 Å². The largest absolute Gasteiger partial charge is 0.493 e. The molecule has 2 aromatic rings. The molecule has 1 aromatic carbocycles. The SMILES string of the molecule is COc1cc2cc(CO[C]=O)sc2cc1OC. The summed E-state index contributed by atoms with van der Waals surface area (Å²) in [6.45, 7) is 1.66. The Morgan fingerprint density at radius 3 is 2.53 bits per heavy atom. The van der Waals surface area contributed by atoms with Crippen LogP contribution in [0, 0.1) is 0 Å². The minimum atomic E-state index is 0.244. The highest BCUT2D eigenvalue weighted by molar-refractivity contribution is 7.19. The van der Waals surface area contributed by atoms with E-state index in [1.165, 1.54) is 6.47 Å². The van der Waals surface area contributed by atoms with Crippen LogP contribution in [0.15, 0.2) is 18.2 Å². The molecule has 0 N–H and O–H groups in total. The number of rotatable bonds is 5. The molecule has 0 unspecified atom stereocenters. The Bertz CT molecular complexity index is 492. The van der Waals surface area contributed by atoms with Gasteiger partial charge in [0.15, 0.2) is 11.5 Å². The van der Waals surface area contributed by atoms with E-state index in [-0.39, 0.29) is 6.61 Å². The molecule has 0 atom stereocenters. The minimum Gasteiger partial charge on any atom is -0.493 e. The first-order chi connectivity index (χ1) is 8.28. The number of carbonyl (C=O) groups excluding carboxylic acids is 1. The lowest BCUT2D eigenvalue weighted by atomic mass is 10.2. The lowest BCUT2D eigenvalue weighted by Crippen LogP contribution is -1.89. The molecule has 1 aromatic heterocycles. The van der Waals surface area contributed by atoms with Gasteiger partial charge in [0.05, 0.1) is 14.2 Å². The summed E-state index contributed by atoms with van der Waals surface area (Å²) in [7, 11) is 3.20. The molecule has 0 fully saturated rings. The van der Waals surface area contributed by atoms with Gasteiger partial charge in [0.25, 0.3) is 0 Å². The summed E-state index contributed by atoms with van der Waals surface area (Å²) in [5, 5.41) is 1.04. The molecule has 2 rings (SSSR count). The number of hydrogen-bond acceptors (Lipinski definition) is 5. The van der Waals surface area contributed by atoms with Crippen molar-refractivity contribution in [1.82, 2.24) is 0 Å². The zero-order valence-electron chi connectivity index (χ0n) is 9.48. The molecule has 17 heavy (non-hydrogen) atoms. The normalized spacial score (nSPS) is 10.2. The van der Waals surface area contributed by atoms with Crippen LogP contribution in [0.3, 0.4) is 0 Å². The van der Waals surface area contributed by atoms with E-state index in [0.29, 0.717) is 11.5 Å². The van der Waals surface area contributed by atoms with E-state index in [9.17, 15) is 4.79 Å². The molecule has 0 spiro atoms. The second-order valence-corrected chi connectivity index (χ2v) is 4.50. The second-order valence-electron chi connectivity index (χ2n) is 3.33. The summed E-state index contributed by atoms with van der Waals surface area (Å²) < 4.78 is 16.1. The van der Waals surface area contributed by atoms with Crippen molar-refractivity contribution in [1.29, 1.82) is 0 Å². The highest BCUT2D eigenvalue weighted by atomic mass is 32.1. The van der Waals surface area contributed by atoms with Crippen LogP contribution in [0.1, 0.15) is 4.88 Å². The third-order valence-electron chi connectivity index (χ3n) is 2.35. The van der Waals surface area contributed by atoms with Gasteiger partial charge in [0, 0.05) is 15.6 Å². The fourth-order valence-electron chi connectivity index (χ4n) is 1.59. The number of hydrogen-bond donors (Lipinski definition) is 0. The molecule has 0 aliphatic carbocycles. The van der Waals surface area contributed by atoms with Gasteiger partial charge in [0.1, 0.15) is 6.61 Å². The summed E-state index contributed by atoms with van der Waals surface area (Å²) in [5.41, 5.74) is 0. The zero-order valence-corrected chi connectivity index (χ0v) is 10.3. The minimum absolute atomic E-state index is 0.244. The molecule has 0 bridgehead atoms. The molecule has 0 aliphatic rings. The van der Waals surface area contributed by atoms with Gasteiger partial charge in [-0.05, 0) is 17.5 Å². The molecule has 0 amide bonds. The van der Waals surface area contributed by atoms with E-state index in [1.807, 2.05) is 18.2 Å². The first-order valence-electron chi connectivity index (χ1n) is 4.92.